The van der Waals surface area contributed by atoms with Crippen molar-refractivity contribution in [1.82, 2.24) is 5.32 Å². The van der Waals surface area contributed by atoms with Gasteiger partial charge >= 0.3 is 0 Å². The van der Waals surface area contributed by atoms with Gasteiger partial charge in [-0.2, -0.15) is 0 Å². The van der Waals surface area contributed by atoms with Crippen molar-refractivity contribution < 1.29 is 14.3 Å². The molecule has 0 fully saturated rings. The minimum atomic E-state index is -0.573. The smallest absolute Gasteiger partial charge is 0.261 e. The number of benzene rings is 2. The van der Waals surface area contributed by atoms with Gasteiger partial charge in [-0.05, 0) is 55.7 Å². The predicted molar refractivity (Wildman–Crippen MR) is 95.5 cm³/mol. The normalized spacial score (nSPS) is 13.0. The molecule has 2 aromatic rings. The number of aryl methyl sites for hydroxylation is 1. The molecule has 0 aliphatic rings. The SMILES string of the molecule is CCc1ccc([C@@H](C)NC(=O)[C@@H](C)Oc2ccc(OC)cc2)cc1. The van der Waals surface area contributed by atoms with Gasteiger partial charge in [0.15, 0.2) is 6.10 Å². The number of carbonyl (C=O) groups excluding carboxylic acids is 1. The van der Waals surface area contributed by atoms with Crippen molar-refractivity contribution in [1.29, 1.82) is 0 Å². The average molecular weight is 327 g/mol. The first kappa shape index (κ1) is 17.9. The highest BCUT2D eigenvalue weighted by atomic mass is 16.5. The average Bonchev–Trinajstić information content (AvgIpc) is 2.62. The molecule has 2 rings (SSSR count). The minimum absolute atomic E-state index is 0.0645. The number of carbonyl (C=O) groups is 1. The van der Waals surface area contributed by atoms with Gasteiger partial charge < -0.3 is 14.8 Å². The molecule has 1 amide bonds. The minimum Gasteiger partial charge on any atom is -0.497 e. The van der Waals surface area contributed by atoms with Gasteiger partial charge in [-0.15, -0.1) is 0 Å². The fourth-order valence-electron chi connectivity index (χ4n) is 2.37. The topological polar surface area (TPSA) is 47.6 Å². The number of rotatable bonds is 7. The van der Waals surface area contributed by atoms with Crippen molar-refractivity contribution in [2.45, 2.75) is 39.3 Å². The van der Waals surface area contributed by atoms with Crippen LogP contribution in [0.1, 0.15) is 37.9 Å². The van der Waals surface area contributed by atoms with Crippen molar-refractivity contribution in [3.05, 3.63) is 59.7 Å². The number of methoxy groups -OCH3 is 1. The molecule has 0 radical (unpaired) electrons. The molecule has 0 aromatic heterocycles. The summed E-state index contributed by atoms with van der Waals surface area (Å²) < 4.78 is 10.8. The van der Waals surface area contributed by atoms with Crippen LogP contribution in [0.4, 0.5) is 0 Å². The summed E-state index contributed by atoms with van der Waals surface area (Å²) in [6.45, 7) is 5.84. The molecular weight excluding hydrogens is 302 g/mol. The molecule has 1 N–H and O–H groups in total. The molecule has 0 saturated heterocycles. The lowest BCUT2D eigenvalue weighted by molar-refractivity contribution is -0.127. The molecular formula is C20H25NO3. The summed E-state index contributed by atoms with van der Waals surface area (Å²) in [4.78, 5) is 12.3. The van der Waals surface area contributed by atoms with Crippen LogP contribution in [0, 0.1) is 0 Å². The van der Waals surface area contributed by atoms with Gasteiger partial charge in [0.05, 0.1) is 13.2 Å². The highest BCUT2D eigenvalue weighted by Gasteiger charge is 2.17. The molecule has 24 heavy (non-hydrogen) atoms. The van der Waals surface area contributed by atoms with E-state index in [1.165, 1.54) is 5.56 Å². The molecule has 4 heteroatoms. The first-order valence-corrected chi connectivity index (χ1v) is 8.23. The van der Waals surface area contributed by atoms with E-state index >= 15 is 0 Å². The molecule has 0 saturated carbocycles. The molecule has 4 nitrogen and oxygen atoms in total. The molecule has 0 aliphatic carbocycles. The molecule has 2 atom stereocenters. The second kappa shape index (κ2) is 8.39. The lowest BCUT2D eigenvalue weighted by Gasteiger charge is -2.19. The summed E-state index contributed by atoms with van der Waals surface area (Å²) >= 11 is 0. The molecule has 0 unspecified atom stereocenters. The zero-order valence-corrected chi connectivity index (χ0v) is 14.7. The molecule has 0 spiro atoms. The fraction of sp³-hybridized carbons (Fsp3) is 0.350. The largest absolute Gasteiger partial charge is 0.497 e. The first-order chi connectivity index (χ1) is 11.5. The number of ether oxygens (including phenoxy) is 2. The third kappa shape index (κ3) is 4.75. The maximum atomic E-state index is 12.3. The Labute approximate surface area is 143 Å². The van der Waals surface area contributed by atoms with Crippen LogP contribution in [0.15, 0.2) is 48.5 Å². The van der Waals surface area contributed by atoms with E-state index in [0.717, 1.165) is 17.7 Å². The second-order valence-corrected chi connectivity index (χ2v) is 5.76. The summed E-state index contributed by atoms with van der Waals surface area (Å²) in [5.41, 5.74) is 2.37. The quantitative estimate of drug-likeness (QED) is 0.839. The lowest BCUT2D eigenvalue weighted by Crippen LogP contribution is -2.37. The van der Waals surface area contributed by atoms with Gasteiger partial charge in [0.25, 0.3) is 5.91 Å². The number of nitrogens with one attached hydrogen (secondary N) is 1. The Bertz CT molecular complexity index is 650. The Hall–Kier alpha value is -2.49. The van der Waals surface area contributed by atoms with E-state index in [4.69, 9.17) is 9.47 Å². The Kier molecular flexibility index (Phi) is 6.24. The van der Waals surface area contributed by atoms with Crippen LogP contribution < -0.4 is 14.8 Å². The van der Waals surface area contributed by atoms with Crippen LogP contribution in [-0.2, 0) is 11.2 Å². The summed E-state index contributed by atoms with van der Waals surface area (Å²) in [6.07, 6.45) is 0.434. The molecule has 0 heterocycles. The first-order valence-electron chi connectivity index (χ1n) is 8.23. The van der Waals surface area contributed by atoms with Gasteiger partial charge in [-0.3, -0.25) is 4.79 Å². The summed E-state index contributed by atoms with van der Waals surface area (Å²) in [6, 6.07) is 15.4. The Morgan fingerprint density at radius 1 is 1.00 bits per heavy atom. The third-order valence-electron chi connectivity index (χ3n) is 3.99. The number of hydrogen-bond donors (Lipinski definition) is 1. The summed E-state index contributed by atoms with van der Waals surface area (Å²) in [5.74, 6) is 1.25. The Morgan fingerprint density at radius 3 is 2.12 bits per heavy atom. The van der Waals surface area contributed by atoms with E-state index in [0.29, 0.717) is 5.75 Å². The van der Waals surface area contributed by atoms with Crippen molar-refractivity contribution in [3.8, 4) is 11.5 Å². The third-order valence-corrected chi connectivity index (χ3v) is 3.99. The van der Waals surface area contributed by atoms with E-state index in [9.17, 15) is 4.79 Å². The van der Waals surface area contributed by atoms with Gasteiger partial charge in [0, 0.05) is 0 Å². The van der Waals surface area contributed by atoms with Crippen LogP contribution in [-0.4, -0.2) is 19.1 Å². The Morgan fingerprint density at radius 2 is 1.58 bits per heavy atom. The van der Waals surface area contributed by atoms with E-state index < -0.39 is 6.10 Å². The summed E-state index contributed by atoms with van der Waals surface area (Å²) in [5, 5.41) is 2.99. The van der Waals surface area contributed by atoms with Gasteiger partial charge in [-0.25, -0.2) is 0 Å². The van der Waals surface area contributed by atoms with E-state index in [2.05, 4.69) is 36.5 Å². The molecule has 2 aromatic carbocycles. The maximum Gasteiger partial charge on any atom is 0.261 e. The standard InChI is InChI=1S/C20H25NO3/c1-5-16-6-8-17(9-7-16)14(2)21-20(22)15(3)24-19-12-10-18(23-4)11-13-19/h6-15H,5H2,1-4H3,(H,21,22)/t14-,15-/m1/s1. The number of hydrogen-bond acceptors (Lipinski definition) is 3. The van der Waals surface area contributed by atoms with E-state index in [-0.39, 0.29) is 11.9 Å². The zero-order valence-electron chi connectivity index (χ0n) is 14.7. The highest BCUT2D eigenvalue weighted by molar-refractivity contribution is 5.81. The van der Waals surface area contributed by atoms with Crippen LogP contribution in [0.25, 0.3) is 0 Å². The van der Waals surface area contributed by atoms with Crippen molar-refractivity contribution in [2.24, 2.45) is 0 Å². The van der Waals surface area contributed by atoms with Crippen molar-refractivity contribution >= 4 is 5.91 Å². The molecule has 128 valence electrons. The predicted octanol–water partition coefficient (Wildman–Crippen LogP) is 3.90. The fourth-order valence-corrected chi connectivity index (χ4v) is 2.37. The van der Waals surface area contributed by atoms with Crippen molar-refractivity contribution in [2.75, 3.05) is 7.11 Å². The summed E-state index contributed by atoms with van der Waals surface area (Å²) in [7, 11) is 1.61. The van der Waals surface area contributed by atoms with E-state index in [1.54, 1.807) is 38.3 Å². The maximum absolute atomic E-state index is 12.3. The molecule has 0 aliphatic heterocycles. The van der Waals surface area contributed by atoms with E-state index in [1.807, 2.05) is 6.92 Å². The highest BCUT2D eigenvalue weighted by Crippen LogP contribution is 2.19. The number of amides is 1. The molecule has 0 bridgehead atoms. The monoisotopic (exact) mass is 327 g/mol. The second-order valence-electron chi connectivity index (χ2n) is 5.76. The van der Waals surface area contributed by atoms with Crippen LogP contribution in [0.3, 0.4) is 0 Å². The van der Waals surface area contributed by atoms with Crippen LogP contribution in [0.5, 0.6) is 11.5 Å². The van der Waals surface area contributed by atoms with Gasteiger partial charge in [-0.1, -0.05) is 31.2 Å². The van der Waals surface area contributed by atoms with Gasteiger partial charge in [0.2, 0.25) is 0 Å². The van der Waals surface area contributed by atoms with Crippen LogP contribution >= 0.6 is 0 Å². The zero-order chi connectivity index (χ0) is 17.5. The lowest BCUT2D eigenvalue weighted by atomic mass is 10.0. The van der Waals surface area contributed by atoms with Crippen LogP contribution in [0.2, 0.25) is 0 Å². The Balaban J connectivity index is 1.91. The van der Waals surface area contributed by atoms with Gasteiger partial charge in [0.1, 0.15) is 11.5 Å². The van der Waals surface area contributed by atoms with Crippen molar-refractivity contribution in [3.63, 3.8) is 0 Å².